The second-order valence-electron chi connectivity index (χ2n) is 6.07. The van der Waals surface area contributed by atoms with Gasteiger partial charge in [-0.25, -0.2) is 0 Å². The molecular weight excluding hydrogens is 270 g/mol. The number of carbonyl (C=O) groups excluding carboxylic acids is 2. The molecule has 0 aliphatic carbocycles. The van der Waals surface area contributed by atoms with Gasteiger partial charge in [-0.15, -0.1) is 0 Å². The van der Waals surface area contributed by atoms with E-state index in [4.69, 9.17) is 10.5 Å². The Kier molecular flexibility index (Phi) is 3.49. The van der Waals surface area contributed by atoms with E-state index >= 15 is 0 Å². The van der Waals surface area contributed by atoms with Gasteiger partial charge in [0.1, 0.15) is 5.69 Å². The highest BCUT2D eigenvalue weighted by molar-refractivity contribution is 5.98. The Morgan fingerprint density at radius 3 is 2.71 bits per heavy atom. The summed E-state index contributed by atoms with van der Waals surface area (Å²) in [6, 6.07) is 1.72. The van der Waals surface area contributed by atoms with Gasteiger partial charge in [0.25, 0.3) is 5.91 Å². The lowest BCUT2D eigenvalue weighted by atomic mass is 9.74. The molecule has 0 aromatic carbocycles. The molecule has 0 bridgehead atoms. The average molecular weight is 291 g/mol. The summed E-state index contributed by atoms with van der Waals surface area (Å²) in [6.07, 6.45) is 4.53. The Balaban J connectivity index is 1.77. The Morgan fingerprint density at radius 2 is 2.10 bits per heavy atom. The van der Waals surface area contributed by atoms with Gasteiger partial charge in [-0.1, -0.05) is 0 Å². The second kappa shape index (κ2) is 5.18. The molecule has 1 atom stereocenters. The monoisotopic (exact) mass is 291 g/mol. The molecule has 2 saturated heterocycles. The number of nitrogens with two attached hydrogens (primary N) is 1. The van der Waals surface area contributed by atoms with Gasteiger partial charge in [-0.3, -0.25) is 9.59 Å². The molecule has 21 heavy (non-hydrogen) atoms. The van der Waals surface area contributed by atoms with Crippen LogP contribution in [0, 0.1) is 5.41 Å². The van der Waals surface area contributed by atoms with Crippen molar-refractivity contribution in [3.63, 3.8) is 0 Å². The van der Waals surface area contributed by atoms with Crippen molar-refractivity contribution < 1.29 is 14.3 Å². The standard InChI is InChI=1S/C15H21N3O3/c1-10-15(3-6-21-7-4-15)2-5-18(10)14(20)12-8-11(9-17-12)13(16)19/h8-10,17H,2-7H2,1H3,(H2,16,19). The first-order valence-electron chi connectivity index (χ1n) is 7.40. The Hall–Kier alpha value is -1.82. The summed E-state index contributed by atoms with van der Waals surface area (Å²) < 4.78 is 5.45. The zero-order valence-corrected chi connectivity index (χ0v) is 12.2. The second-order valence-corrected chi connectivity index (χ2v) is 6.07. The maximum Gasteiger partial charge on any atom is 0.270 e. The topological polar surface area (TPSA) is 88.4 Å². The van der Waals surface area contributed by atoms with Gasteiger partial charge in [0.15, 0.2) is 0 Å². The predicted octanol–water partition coefficient (Wildman–Crippen LogP) is 1.14. The summed E-state index contributed by atoms with van der Waals surface area (Å²) in [4.78, 5) is 28.5. The predicted molar refractivity (Wildman–Crippen MR) is 76.9 cm³/mol. The summed E-state index contributed by atoms with van der Waals surface area (Å²) in [5, 5.41) is 0. The number of primary amides is 1. The molecule has 6 nitrogen and oxygen atoms in total. The third-order valence-electron chi connectivity index (χ3n) is 5.15. The van der Waals surface area contributed by atoms with Crippen LogP contribution in [-0.4, -0.2) is 47.5 Å². The number of rotatable bonds is 2. The summed E-state index contributed by atoms with van der Waals surface area (Å²) in [5.41, 5.74) is 6.18. The molecule has 3 rings (SSSR count). The maximum absolute atomic E-state index is 12.6. The number of hydrogen-bond donors (Lipinski definition) is 2. The van der Waals surface area contributed by atoms with Crippen molar-refractivity contribution in [3.8, 4) is 0 Å². The van der Waals surface area contributed by atoms with Crippen LogP contribution in [0.5, 0.6) is 0 Å². The fourth-order valence-corrected chi connectivity index (χ4v) is 3.61. The number of aromatic nitrogens is 1. The van der Waals surface area contributed by atoms with Crippen molar-refractivity contribution in [2.75, 3.05) is 19.8 Å². The lowest BCUT2D eigenvalue weighted by Crippen LogP contribution is -2.43. The molecule has 3 heterocycles. The fraction of sp³-hybridized carbons (Fsp3) is 0.600. The van der Waals surface area contributed by atoms with Crippen molar-refractivity contribution in [1.82, 2.24) is 9.88 Å². The van der Waals surface area contributed by atoms with Crippen LogP contribution in [0.25, 0.3) is 0 Å². The first kappa shape index (κ1) is 14.1. The van der Waals surface area contributed by atoms with Crippen LogP contribution < -0.4 is 5.73 Å². The third kappa shape index (κ3) is 2.33. The molecule has 1 spiro atoms. The van der Waals surface area contributed by atoms with Crippen LogP contribution in [0.4, 0.5) is 0 Å². The highest BCUT2D eigenvalue weighted by atomic mass is 16.5. The van der Waals surface area contributed by atoms with Gasteiger partial charge in [-0.05, 0) is 37.7 Å². The van der Waals surface area contributed by atoms with Crippen molar-refractivity contribution in [1.29, 1.82) is 0 Å². The summed E-state index contributed by atoms with van der Waals surface area (Å²) in [5.74, 6) is -0.584. The highest BCUT2D eigenvalue weighted by Crippen LogP contribution is 2.45. The van der Waals surface area contributed by atoms with E-state index in [0.717, 1.165) is 39.0 Å². The molecule has 2 aliphatic heterocycles. The SMILES string of the molecule is CC1N(C(=O)c2cc(C(N)=O)c[nH]2)CCC12CCOCC2. The fourth-order valence-electron chi connectivity index (χ4n) is 3.61. The lowest BCUT2D eigenvalue weighted by Gasteiger charge is -2.38. The molecule has 2 amide bonds. The zero-order valence-electron chi connectivity index (χ0n) is 12.2. The molecule has 114 valence electrons. The minimum Gasteiger partial charge on any atom is -0.381 e. The van der Waals surface area contributed by atoms with Crippen LogP contribution in [-0.2, 0) is 4.74 Å². The van der Waals surface area contributed by atoms with Crippen molar-refractivity contribution in [2.45, 2.75) is 32.2 Å². The summed E-state index contributed by atoms with van der Waals surface area (Å²) in [6.45, 7) is 4.43. The molecule has 2 fully saturated rings. The van der Waals surface area contributed by atoms with Crippen molar-refractivity contribution >= 4 is 11.8 Å². The number of aromatic amines is 1. The van der Waals surface area contributed by atoms with Crippen molar-refractivity contribution in [3.05, 3.63) is 23.5 Å². The van der Waals surface area contributed by atoms with E-state index in [1.807, 2.05) is 4.90 Å². The smallest absolute Gasteiger partial charge is 0.270 e. The van der Waals surface area contributed by atoms with Crippen molar-refractivity contribution in [2.24, 2.45) is 11.1 Å². The van der Waals surface area contributed by atoms with Gasteiger partial charge in [0.05, 0.1) is 5.56 Å². The normalized spacial score (nSPS) is 24.4. The number of hydrogen-bond acceptors (Lipinski definition) is 3. The van der Waals surface area contributed by atoms with E-state index in [0.29, 0.717) is 11.3 Å². The van der Waals surface area contributed by atoms with Crippen LogP contribution in [0.1, 0.15) is 47.0 Å². The maximum atomic E-state index is 12.6. The molecule has 1 aromatic heterocycles. The average Bonchev–Trinajstić information content (AvgIpc) is 3.07. The quantitative estimate of drug-likeness (QED) is 0.856. The Bertz CT molecular complexity index is 560. The largest absolute Gasteiger partial charge is 0.381 e. The summed E-state index contributed by atoms with van der Waals surface area (Å²) in [7, 11) is 0. The van der Waals surface area contributed by atoms with Gasteiger partial charge in [-0.2, -0.15) is 0 Å². The summed E-state index contributed by atoms with van der Waals surface area (Å²) >= 11 is 0. The molecule has 3 N–H and O–H groups in total. The van der Waals surface area contributed by atoms with Gasteiger partial charge in [0, 0.05) is 32.0 Å². The first-order chi connectivity index (χ1) is 10.0. The molecule has 0 saturated carbocycles. The number of nitrogens with zero attached hydrogens (tertiary/aromatic N) is 1. The molecule has 1 unspecified atom stereocenters. The van der Waals surface area contributed by atoms with E-state index in [1.165, 1.54) is 12.3 Å². The Labute approximate surface area is 123 Å². The first-order valence-corrected chi connectivity index (χ1v) is 7.40. The van der Waals surface area contributed by atoms with E-state index in [1.54, 1.807) is 0 Å². The minimum absolute atomic E-state index is 0.0571. The van der Waals surface area contributed by atoms with Gasteiger partial charge in [0.2, 0.25) is 5.91 Å². The number of carbonyl (C=O) groups is 2. The number of likely N-dealkylation sites (tertiary alicyclic amines) is 1. The van der Waals surface area contributed by atoms with Crippen LogP contribution >= 0.6 is 0 Å². The lowest BCUT2D eigenvalue weighted by molar-refractivity contribution is 0.000109. The van der Waals surface area contributed by atoms with E-state index in [-0.39, 0.29) is 17.4 Å². The van der Waals surface area contributed by atoms with Crippen LogP contribution in [0.2, 0.25) is 0 Å². The molecular formula is C15H21N3O3. The molecule has 1 aromatic rings. The molecule has 2 aliphatic rings. The molecule has 0 radical (unpaired) electrons. The van der Waals surface area contributed by atoms with E-state index < -0.39 is 5.91 Å². The highest BCUT2D eigenvalue weighted by Gasteiger charge is 2.47. The van der Waals surface area contributed by atoms with Gasteiger partial charge >= 0.3 is 0 Å². The van der Waals surface area contributed by atoms with Crippen LogP contribution in [0.3, 0.4) is 0 Å². The number of ether oxygens (including phenoxy) is 1. The minimum atomic E-state index is -0.527. The number of nitrogens with one attached hydrogen (secondary N) is 1. The zero-order chi connectivity index (χ0) is 15.0. The third-order valence-corrected chi connectivity index (χ3v) is 5.15. The van der Waals surface area contributed by atoms with Crippen LogP contribution in [0.15, 0.2) is 12.3 Å². The molecule has 6 heteroatoms. The van der Waals surface area contributed by atoms with Gasteiger partial charge < -0.3 is 20.4 Å². The number of amides is 2. The number of H-pyrrole nitrogens is 1. The van der Waals surface area contributed by atoms with E-state index in [2.05, 4.69) is 11.9 Å². The van der Waals surface area contributed by atoms with E-state index in [9.17, 15) is 9.59 Å². The Morgan fingerprint density at radius 1 is 1.38 bits per heavy atom.